The highest BCUT2D eigenvalue weighted by Gasteiger charge is 0.726. The van der Waals surface area contributed by atoms with Gasteiger partial charge in [-0.2, -0.15) is 0 Å². The highest BCUT2D eigenvalue weighted by atomic mass is 32.1. The second-order valence-electron chi connectivity index (χ2n) is 0. The summed E-state index contributed by atoms with van der Waals surface area (Å²) in [5.41, 5.74) is 0. The van der Waals surface area contributed by atoms with Gasteiger partial charge in [0.25, 0.3) is 0 Å². The van der Waals surface area contributed by atoms with Crippen LogP contribution >= 0.6 is 0 Å². The van der Waals surface area contributed by atoms with Crippen LogP contribution in [-0.2, 0) is 12.4 Å². The molecule has 0 fully saturated rings. The lowest BCUT2D eigenvalue weighted by molar-refractivity contribution is 1.26. The molecule has 0 spiro atoms. The summed E-state index contributed by atoms with van der Waals surface area (Å²) < 4.78 is 5.33. The first kappa shape index (κ1) is 9.05. The molecule has 0 rings (SSSR count). The van der Waals surface area contributed by atoms with Crippen LogP contribution in [0.4, 0.5) is 0 Å². The molecule has 0 aliphatic heterocycles. The maximum atomic E-state index is 5.33. The topological polar surface area (TPSA) is 75.9 Å². The van der Waals surface area contributed by atoms with Crippen LogP contribution in [0.3, 0.4) is 0 Å². The molecule has 0 aliphatic rings. The van der Waals surface area contributed by atoms with E-state index < -0.39 is 0 Å². The normalized spacial score (nSPS) is 2.50. The van der Waals surface area contributed by atoms with Gasteiger partial charge in [0.15, 0.2) is 0 Å². The van der Waals surface area contributed by atoms with Crippen molar-refractivity contribution in [1.82, 2.24) is 0 Å². The van der Waals surface area contributed by atoms with Gasteiger partial charge in [-0.15, -0.1) is 0 Å². The summed E-state index contributed by atoms with van der Waals surface area (Å²) >= 11 is 3.33. The van der Waals surface area contributed by atoms with Gasteiger partial charge < -0.3 is 0 Å². The Kier molecular flexibility index (Phi) is 6950. The van der Waals surface area contributed by atoms with E-state index in [-0.39, 0.29) is 0 Å². The fourth-order valence-electron chi connectivity index (χ4n) is 0. The highest BCUT2D eigenvalue weighted by Crippen LogP contribution is 0.749. The lowest BCUT2D eigenvalue weighted by Gasteiger charge is -1.27. The van der Waals surface area contributed by atoms with Gasteiger partial charge in [-0.1, -0.05) is 0 Å². The van der Waals surface area contributed by atoms with E-state index in [1.54, 1.807) is 0 Å². The summed E-state index contributed by atoms with van der Waals surface area (Å²) in [5.74, 6) is 8.00. The first-order valence-electron chi connectivity index (χ1n) is 0.537. The van der Waals surface area contributed by atoms with E-state index in [0.717, 1.165) is 0 Å². The SMILES string of the molecule is N=S.NN. The van der Waals surface area contributed by atoms with Crippen LogP contribution in [0.1, 0.15) is 0 Å². The Hall–Kier alpha value is -0.0600. The van der Waals surface area contributed by atoms with E-state index in [1.165, 1.54) is 0 Å². The minimum atomic E-state index is 3.33. The van der Waals surface area contributed by atoms with Crippen molar-refractivity contribution in [2.24, 2.45) is 11.7 Å². The van der Waals surface area contributed by atoms with Crippen LogP contribution < -0.4 is 11.7 Å². The molecule has 0 unspecified atom stereocenters. The monoisotopic (exact) mass is 79.0 g/mol. The van der Waals surface area contributed by atoms with Crippen molar-refractivity contribution in [3.63, 3.8) is 0 Å². The molecule has 0 aliphatic carbocycles. The smallest absolute Gasteiger partial charge is 0.0324 e. The van der Waals surface area contributed by atoms with Crippen LogP contribution in [0.25, 0.3) is 0 Å². The number of nitrogens with one attached hydrogen (secondary N) is 1. The molecule has 0 aromatic rings. The average molecular weight is 79.1 g/mol. The molecule has 0 aromatic carbocycles. The summed E-state index contributed by atoms with van der Waals surface area (Å²) in [7, 11) is 0. The Morgan fingerprint density at radius 2 is 1.25 bits per heavy atom. The molecule has 0 aromatic heterocycles. The maximum absolute atomic E-state index is 5.33. The Morgan fingerprint density at radius 1 is 1.25 bits per heavy atom. The van der Waals surface area contributed by atoms with E-state index in [0.29, 0.717) is 0 Å². The van der Waals surface area contributed by atoms with Gasteiger partial charge in [0.05, 0.1) is 0 Å². The fraction of sp³-hybridized carbons (Fsp3) is 0. The van der Waals surface area contributed by atoms with Gasteiger partial charge >= 0.3 is 0 Å². The second kappa shape index (κ2) is 3070. The molecule has 4 heavy (non-hydrogen) atoms. The zero-order chi connectivity index (χ0) is 4.00. The molecular weight excluding hydrogens is 74.1 g/mol. The van der Waals surface area contributed by atoms with Gasteiger partial charge in [0, 0.05) is 12.4 Å². The average Bonchev–Trinajstić information content (AvgIpc) is 1.50. The van der Waals surface area contributed by atoms with Crippen LogP contribution in [0.2, 0.25) is 0 Å². The Bertz CT molecular complexity index is 3.25. The van der Waals surface area contributed by atoms with Gasteiger partial charge in [-0.3, -0.25) is 11.7 Å². The van der Waals surface area contributed by atoms with E-state index in [2.05, 4.69) is 24.1 Å². The van der Waals surface area contributed by atoms with Crippen molar-refractivity contribution in [3.05, 3.63) is 0 Å². The molecule has 26 valence electrons. The lowest BCUT2D eigenvalue weighted by Crippen LogP contribution is -2.02. The molecule has 5 N–H and O–H groups in total. The summed E-state index contributed by atoms with van der Waals surface area (Å²) in [6.45, 7) is 0. The van der Waals surface area contributed by atoms with Gasteiger partial charge in [-0.05, 0) is 0 Å². The molecule has 0 radical (unpaired) electrons. The predicted molar refractivity (Wildman–Crippen MR) is 18.5 cm³/mol. The van der Waals surface area contributed by atoms with Crippen molar-refractivity contribution < 1.29 is 0 Å². The summed E-state index contributed by atoms with van der Waals surface area (Å²) in [6.07, 6.45) is 0. The van der Waals surface area contributed by atoms with Crippen LogP contribution in [-0.4, -0.2) is 0 Å². The minimum Gasteiger partial charge on any atom is -0.274 e. The van der Waals surface area contributed by atoms with Crippen LogP contribution in [0.15, 0.2) is 0 Å². The number of hydrogen-bond donors (Lipinski definition) is 3. The molecule has 3 nitrogen and oxygen atoms in total. The molecule has 0 amide bonds. The quantitative estimate of drug-likeness (QED) is 0.260. The first-order chi connectivity index (χ1) is 2.00. The molecule has 0 bridgehead atoms. The Balaban J connectivity index is 0. The first-order valence-corrected chi connectivity index (χ1v) is 0.946. The summed E-state index contributed by atoms with van der Waals surface area (Å²) in [5, 5.41) is 0. The predicted octanol–water partition coefficient (Wildman–Crippen LogP) is -0.886. The largest absolute Gasteiger partial charge is 0.274 e. The van der Waals surface area contributed by atoms with Crippen molar-refractivity contribution in [3.8, 4) is 0 Å². The molecule has 0 saturated heterocycles. The van der Waals surface area contributed by atoms with Gasteiger partial charge in [-0.25, -0.2) is 4.78 Å². The third-order valence-corrected chi connectivity index (χ3v) is 0. The van der Waals surface area contributed by atoms with E-state index in [1.807, 2.05) is 0 Å². The van der Waals surface area contributed by atoms with Gasteiger partial charge in [0.1, 0.15) is 0 Å². The maximum Gasteiger partial charge on any atom is 0.0324 e. The summed E-state index contributed by atoms with van der Waals surface area (Å²) in [4.78, 5) is 0. The number of hydrogen-bond acceptors (Lipinski definition) is 4. The molecule has 4 heteroatoms. The van der Waals surface area contributed by atoms with Crippen molar-refractivity contribution in [1.29, 1.82) is 4.78 Å². The minimum absolute atomic E-state index is 3.33. The number of nitrogens with two attached hydrogens (primary N) is 2. The van der Waals surface area contributed by atoms with Crippen molar-refractivity contribution >= 4 is 12.4 Å². The standard InChI is InChI=1S/H4N2.HNS/c2*1-2/h1-2H2;1H. The molecule has 0 saturated carbocycles. The third kappa shape index (κ3) is 476. The molecular formula is H5N3S. The van der Waals surface area contributed by atoms with E-state index in [4.69, 9.17) is 4.78 Å². The zero-order valence-electron chi connectivity index (χ0n) is 2.06. The second-order valence-corrected chi connectivity index (χ2v) is 0. The van der Waals surface area contributed by atoms with Crippen molar-refractivity contribution in [2.45, 2.75) is 0 Å². The number of rotatable bonds is 0. The van der Waals surface area contributed by atoms with Crippen molar-refractivity contribution in [2.75, 3.05) is 0 Å². The summed E-state index contributed by atoms with van der Waals surface area (Å²) in [6, 6.07) is 0. The van der Waals surface area contributed by atoms with E-state index in [9.17, 15) is 0 Å². The van der Waals surface area contributed by atoms with E-state index >= 15 is 0 Å². The highest BCUT2D eigenvalue weighted by molar-refractivity contribution is 7.45. The lowest BCUT2D eigenvalue weighted by atomic mass is 13.0. The Morgan fingerprint density at radius 3 is 1.25 bits per heavy atom. The Labute approximate surface area is 29.9 Å². The fourth-order valence-corrected chi connectivity index (χ4v) is 0. The zero-order valence-corrected chi connectivity index (χ0v) is 2.88. The van der Waals surface area contributed by atoms with Crippen LogP contribution in [0, 0.1) is 4.78 Å². The van der Waals surface area contributed by atoms with Gasteiger partial charge in [0.2, 0.25) is 0 Å². The third-order valence-electron chi connectivity index (χ3n) is 0. The van der Waals surface area contributed by atoms with Crippen LogP contribution in [0.5, 0.6) is 0 Å². The number of hydrazine groups is 1. The molecule has 0 heterocycles. The molecule has 0 atom stereocenters.